The SMILES string of the molecule is CC(=O)COc1ccc2c(c1)OC(=Cc1cccc(C)c1)C2=O. The van der Waals surface area contributed by atoms with Crippen LogP contribution in [0.2, 0.25) is 0 Å². The molecule has 0 saturated carbocycles. The fraction of sp³-hybridized carbons (Fsp3) is 0.158. The highest BCUT2D eigenvalue weighted by molar-refractivity contribution is 6.14. The minimum atomic E-state index is -0.153. The number of Topliss-reactive ketones (excluding diaryl/α,β-unsaturated/α-hetero) is 2. The third-order valence-electron chi connectivity index (χ3n) is 3.42. The number of rotatable bonds is 4. The zero-order valence-electron chi connectivity index (χ0n) is 13.0. The predicted molar refractivity (Wildman–Crippen MR) is 86.7 cm³/mol. The van der Waals surface area contributed by atoms with Crippen LogP contribution < -0.4 is 9.47 Å². The number of allylic oxidation sites excluding steroid dienone is 1. The number of carbonyl (C=O) groups excluding carboxylic acids is 2. The molecule has 0 atom stereocenters. The Morgan fingerprint density at radius 1 is 1.22 bits per heavy atom. The van der Waals surface area contributed by atoms with Crippen LogP contribution in [0.1, 0.15) is 28.4 Å². The van der Waals surface area contributed by atoms with E-state index in [2.05, 4.69) is 0 Å². The molecular formula is C19H16O4. The fourth-order valence-corrected chi connectivity index (χ4v) is 2.35. The summed E-state index contributed by atoms with van der Waals surface area (Å²) < 4.78 is 11.0. The second-order valence-electron chi connectivity index (χ2n) is 5.50. The van der Waals surface area contributed by atoms with E-state index in [1.165, 1.54) is 6.92 Å². The number of fused-ring (bicyclic) bond motifs is 1. The van der Waals surface area contributed by atoms with Gasteiger partial charge in [-0.2, -0.15) is 0 Å². The third-order valence-corrected chi connectivity index (χ3v) is 3.42. The van der Waals surface area contributed by atoms with Gasteiger partial charge in [0.1, 0.15) is 18.1 Å². The van der Waals surface area contributed by atoms with E-state index in [1.807, 2.05) is 31.2 Å². The number of carbonyl (C=O) groups is 2. The summed E-state index contributed by atoms with van der Waals surface area (Å²) in [4.78, 5) is 23.3. The summed E-state index contributed by atoms with van der Waals surface area (Å²) in [6.07, 6.45) is 1.73. The van der Waals surface area contributed by atoms with Crippen molar-refractivity contribution >= 4 is 17.6 Å². The molecule has 2 aromatic rings. The predicted octanol–water partition coefficient (Wildman–Crippen LogP) is 3.58. The number of ketones is 2. The van der Waals surface area contributed by atoms with Crippen LogP contribution >= 0.6 is 0 Å². The second kappa shape index (κ2) is 6.08. The van der Waals surface area contributed by atoms with Crippen molar-refractivity contribution in [1.29, 1.82) is 0 Å². The molecule has 0 spiro atoms. The van der Waals surface area contributed by atoms with Crippen molar-refractivity contribution in [1.82, 2.24) is 0 Å². The van der Waals surface area contributed by atoms with Gasteiger partial charge in [0.2, 0.25) is 5.78 Å². The number of ether oxygens (including phenoxy) is 2. The van der Waals surface area contributed by atoms with Gasteiger partial charge in [-0.05, 0) is 37.6 Å². The molecule has 1 aliphatic rings. The van der Waals surface area contributed by atoms with Crippen molar-refractivity contribution in [2.24, 2.45) is 0 Å². The maximum atomic E-state index is 12.4. The standard InChI is InChI=1S/C19H16O4/c1-12-4-3-5-14(8-12)9-18-19(21)16-7-6-15(10-17(16)23-18)22-11-13(2)20/h3-10H,11H2,1-2H3. The molecule has 1 heterocycles. The maximum Gasteiger partial charge on any atom is 0.231 e. The average molecular weight is 308 g/mol. The van der Waals surface area contributed by atoms with Crippen molar-refractivity contribution in [3.05, 3.63) is 64.9 Å². The Hall–Kier alpha value is -2.88. The van der Waals surface area contributed by atoms with Crippen LogP contribution in [0.25, 0.3) is 6.08 Å². The van der Waals surface area contributed by atoms with Crippen LogP contribution in [0, 0.1) is 6.92 Å². The first kappa shape index (κ1) is 15.0. The first-order valence-corrected chi connectivity index (χ1v) is 7.30. The Bertz CT molecular complexity index is 818. The molecule has 0 aliphatic carbocycles. The molecule has 0 radical (unpaired) electrons. The van der Waals surface area contributed by atoms with E-state index in [4.69, 9.17) is 9.47 Å². The topological polar surface area (TPSA) is 52.6 Å². The molecule has 23 heavy (non-hydrogen) atoms. The van der Waals surface area contributed by atoms with Gasteiger partial charge in [-0.25, -0.2) is 0 Å². The smallest absolute Gasteiger partial charge is 0.231 e. The maximum absolute atomic E-state index is 12.4. The fourth-order valence-electron chi connectivity index (χ4n) is 2.35. The molecule has 0 aromatic heterocycles. The third kappa shape index (κ3) is 3.31. The number of hydrogen-bond donors (Lipinski definition) is 0. The van der Waals surface area contributed by atoms with Crippen LogP contribution in [0.3, 0.4) is 0 Å². The lowest BCUT2D eigenvalue weighted by molar-refractivity contribution is -0.118. The lowest BCUT2D eigenvalue weighted by atomic mass is 10.1. The van der Waals surface area contributed by atoms with Gasteiger partial charge in [-0.15, -0.1) is 0 Å². The molecule has 2 aromatic carbocycles. The van der Waals surface area contributed by atoms with Crippen LogP contribution in [0.4, 0.5) is 0 Å². The van der Waals surface area contributed by atoms with Crippen molar-refractivity contribution in [2.45, 2.75) is 13.8 Å². The molecule has 4 heteroatoms. The molecule has 0 N–H and O–H groups in total. The molecule has 0 unspecified atom stereocenters. The van der Waals surface area contributed by atoms with Gasteiger partial charge < -0.3 is 9.47 Å². The molecule has 1 aliphatic heterocycles. The van der Waals surface area contributed by atoms with E-state index >= 15 is 0 Å². The summed E-state index contributed by atoms with van der Waals surface area (Å²) in [5.41, 5.74) is 2.52. The van der Waals surface area contributed by atoms with Crippen molar-refractivity contribution in [2.75, 3.05) is 6.61 Å². The molecule has 0 saturated heterocycles. The Morgan fingerprint density at radius 3 is 2.78 bits per heavy atom. The highest BCUT2D eigenvalue weighted by Crippen LogP contribution is 2.34. The summed E-state index contributed by atoms with van der Waals surface area (Å²) >= 11 is 0. The second-order valence-corrected chi connectivity index (χ2v) is 5.50. The van der Waals surface area contributed by atoms with Gasteiger partial charge in [-0.1, -0.05) is 29.8 Å². The monoisotopic (exact) mass is 308 g/mol. The first-order valence-electron chi connectivity index (χ1n) is 7.30. The summed E-state index contributed by atoms with van der Waals surface area (Å²) in [7, 11) is 0. The highest BCUT2D eigenvalue weighted by atomic mass is 16.5. The zero-order valence-corrected chi connectivity index (χ0v) is 13.0. The highest BCUT2D eigenvalue weighted by Gasteiger charge is 2.27. The van der Waals surface area contributed by atoms with Gasteiger partial charge in [-0.3, -0.25) is 9.59 Å². The van der Waals surface area contributed by atoms with E-state index in [1.54, 1.807) is 24.3 Å². The number of aryl methyl sites for hydroxylation is 1. The van der Waals surface area contributed by atoms with Gasteiger partial charge in [0, 0.05) is 6.07 Å². The zero-order chi connectivity index (χ0) is 16.4. The summed E-state index contributed by atoms with van der Waals surface area (Å²) in [5, 5.41) is 0. The molecule has 116 valence electrons. The van der Waals surface area contributed by atoms with Gasteiger partial charge in [0.15, 0.2) is 11.5 Å². The molecule has 0 fully saturated rings. The largest absolute Gasteiger partial charge is 0.486 e. The molecular weight excluding hydrogens is 292 g/mol. The normalized spacial score (nSPS) is 14.5. The van der Waals surface area contributed by atoms with Crippen LogP contribution in [0.15, 0.2) is 48.2 Å². The molecule has 4 nitrogen and oxygen atoms in total. The van der Waals surface area contributed by atoms with E-state index < -0.39 is 0 Å². The van der Waals surface area contributed by atoms with E-state index in [9.17, 15) is 9.59 Å². The van der Waals surface area contributed by atoms with Gasteiger partial charge >= 0.3 is 0 Å². The summed E-state index contributed by atoms with van der Waals surface area (Å²) in [6, 6.07) is 12.8. The van der Waals surface area contributed by atoms with Crippen molar-refractivity contribution in [3.8, 4) is 11.5 Å². The van der Waals surface area contributed by atoms with Gasteiger partial charge in [0.25, 0.3) is 0 Å². The summed E-state index contributed by atoms with van der Waals surface area (Å²) in [6.45, 7) is 3.45. The van der Waals surface area contributed by atoms with Gasteiger partial charge in [0.05, 0.1) is 5.56 Å². The Kier molecular flexibility index (Phi) is 3.98. The van der Waals surface area contributed by atoms with E-state index in [0.29, 0.717) is 17.1 Å². The molecule has 0 amide bonds. The van der Waals surface area contributed by atoms with E-state index in [-0.39, 0.29) is 23.9 Å². The minimum Gasteiger partial charge on any atom is -0.486 e. The quantitative estimate of drug-likeness (QED) is 0.810. The Balaban J connectivity index is 1.85. The average Bonchev–Trinajstić information content (AvgIpc) is 2.81. The molecule has 3 rings (SSSR count). The van der Waals surface area contributed by atoms with Crippen molar-refractivity contribution in [3.63, 3.8) is 0 Å². The van der Waals surface area contributed by atoms with Crippen LogP contribution in [-0.2, 0) is 4.79 Å². The lowest BCUT2D eigenvalue weighted by Crippen LogP contribution is -2.06. The van der Waals surface area contributed by atoms with Crippen LogP contribution in [-0.4, -0.2) is 18.2 Å². The number of hydrogen-bond acceptors (Lipinski definition) is 4. The van der Waals surface area contributed by atoms with Crippen molar-refractivity contribution < 1.29 is 19.1 Å². The molecule has 0 bridgehead atoms. The van der Waals surface area contributed by atoms with Crippen LogP contribution in [0.5, 0.6) is 11.5 Å². The Labute approximate surface area is 134 Å². The first-order chi connectivity index (χ1) is 11.0. The number of benzene rings is 2. The van der Waals surface area contributed by atoms with E-state index in [0.717, 1.165) is 11.1 Å². The summed E-state index contributed by atoms with van der Waals surface area (Å²) in [5.74, 6) is 1.02. The Morgan fingerprint density at radius 2 is 2.04 bits per heavy atom. The minimum absolute atomic E-state index is 0.00127. The lowest BCUT2D eigenvalue weighted by Gasteiger charge is -2.04.